The molecular formula is C14H25NO. The molecule has 0 amide bonds. The van der Waals surface area contributed by atoms with E-state index in [1.165, 1.54) is 32.1 Å². The topological polar surface area (TPSA) is 29.1 Å². The Morgan fingerprint density at radius 2 is 1.94 bits per heavy atom. The monoisotopic (exact) mass is 223 g/mol. The summed E-state index contributed by atoms with van der Waals surface area (Å²) in [6.07, 6.45) is 9.43. The maximum atomic E-state index is 12.1. The Balaban J connectivity index is 1.77. The SMILES string of the molecule is CC1CCNC(CC(=O)C2CCCCC2)C1. The summed E-state index contributed by atoms with van der Waals surface area (Å²) in [5.41, 5.74) is 0. The summed E-state index contributed by atoms with van der Waals surface area (Å²) >= 11 is 0. The molecule has 1 heterocycles. The van der Waals surface area contributed by atoms with Crippen molar-refractivity contribution in [1.82, 2.24) is 5.32 Å². The molecule has 1 aliphatic heterocycles. The minimum atomic E-state index is 0.396. The van der Waals surface area contributed by atoms with Gasteiger partial charge in [-0.15, -0.1) is 0 Å². The van der Waals surface area contributed by atoms with E-state index in [9.17, 15) is 4.79 Å². The third kappa shape index (κ3) is 3.31. The molecule has 2 fully saturated rings. The minimum Gasteiger partial charge on any atom is -0.314 e. The highest BCUT2D eigenvalue weighted by Gasteiger charge is 2.26. The number of ketones is 1. The number of carbonyl (C=O) groups excluding carboxylic acids is 1. The van der Waals surface area contributed by atoms with Crippen molar-refractivity contribution in [3.63, 3.8) is 0 Å². The zero-order valence-electron chi connectivity index (χ0n) is 10.5. The van der Waals surface area contributed by atoms with Crippen molar-refractivity contribution < 1.29 is 4.79 Å². The summed E-state index contributed by atoms with van der Waals surface area (Å²) in [6, 6.07) is 0.471. The molecule has 1 saturated carbocycles. The van der Waals surface area contributed by atoms with Gasteiger partial charge in [-0.05, 0) is 38.1 Å². The van der Waals surface area contributed by atoms with E-state index in [1.807, 2.05) is 0 Å². The van der Waals surface area contributed by atoms with Crippen LogP contribution in [0.1, 0.15) is 58.3 Å². The number of nitrogens with one attached hydrogen (secondary N) is 1. The van der Waals surface area contributed by atoms with E-state index in [-0.39, 0.29) is 0 Å². The first-order valence-corrected chi connectivity index (χ1v) is 7.02. The maximum absolute atomic E-state index is 12.1. The van der Waals surface area contributed by atoms with Crippen molar-refractivity contribution in [3.8, 4) is 0 Å². The van der Waals surface area contributed by atoms with Gasteiger partial charge in [0.05, 0.1) is 0 Å². The Hall–Kier alpha value is -0.370. The molecule has 1 N–H and O–H groups in total. The van der Waals surface area contributed by atoms with Crippen LogP contribution in [0.4, 0.5) is 0 Å². The van der Waals surface area contributed by atoms with Crippen LogP contribution in [0.2, 0.25) is 0 Å². The molecule has 2 atom stereocenters. The average Bonchev–Trinajstić information content (AvgIpc) is 2.30. The van der Waals surface area contributed by atoms with Gasteiger partial charge < -0.3 is 5.32 Å². The van der Waals surface area contributed by atoms with Crippen LogP contribution in [0.25, 0.3) is 0 Å². The molecular weight excluding hydrogens is 198 g/mol. The van der Waals surface area contributed by atoms with E-state index in [0.717, 1.165) is 31.7 Å². The van der Waals surface area contributed by atoms with E-state index in [4.69, 9.17) is 0 Å². The van der Waals surface area contributed by atoms with Crippen molar-refractivity contribution in [2.24, 2.45) is 11.8 Å². The zero-order chi connectivity index (χ0) is 11.4. The van der Waals surface area contributed by atoms with Crippen LogP contribution < -0.4 is 5.32 Å². The van der Waals surface area contributed by atoms with Crippen molar-refractivity contribution in [2.75, 3.05) is 6.54 Å². The molecule has 92 valence electrons. The molecule has 0 radical (unpaired) electrons. The number of hydrogen-bond acceptors (Lipinski definition) is 2. The molecule has 16 heavy (non-hydrogen) atoms. The highest BCUT2D eigenvalue weighted by Crippen LogP contribution is 2.27. The number of carbonyl (C=O) groups is 1. The van der Waals surface area contributed by atoms with E-state index < -0.39 is 0 Å². The number of hydrogen-bond donors (Lipinski definition) is 1. The highest BCUT2D eigenvalue weighted by atomic mass is 16.1. The van der Waals surface area contributed by atoms with Gasteiger partial charge in [-0.1, -0.05) is 26.2 Å². The number of piperidine rings is 1. The number of rotatable bonds is 3. The van der Waals surface area contributed by atoms with Gasteiger partial charge in [0.2, 0.25) is 0 Å². The van der Waals surface area contributed by atoms with Gasteiger partial charge in [0.1, 0.15) is 5.78 Å². The quantitative estimate of drug-likeness (QED) is 0.797. The molecule has 1 saturated heterocycles. The van der Waals surface area contributed by atoms with Crippen molar-refractivity contribution in [2.45, 2.75) is 64.3 Å². The molecule has 0 aromatic rings. The minimum absolute atomic E-state index is 0.396. The summed E-state index contributed by atoms with van der Waals surface area (Å²) in [7, 11) is 0. The molecule has 2 unspecified atom stereocenters. The maximum Gasteiger partial charge on any atom is 0.137 e. The lowest BCUT2D eigenvalue weighted by Crippen LogP contribution is -2.39. The van der Waals surface area contributed by atoms with Crippen molar-refractivity contribution in [3.05, 3.63) is 0 Å². The van der Waals surface area contributed by atoms with Crippen LogP contribution in [-0.4, -0.2) is 18.4 Å². The van der Waals surface area contributed by atoms with Gasteiger partial charge in [0.15, 0.2) is 0 Å². The summed E-state index contributed by atoms with van der Waals surface area (Å²) in [4.78, 5) is 12.1. The van der Waals surface area contributed by atoms with Crippen LogP contribution >= 0.6 is 0 Å². The zero-order valence-corrected chi connectivity index (χ0v) is 10.5. The van der Waals surface area contributed by atoms with Crippen molar-refractivity contribution in [1.29, 1.82) is 0 Å². The predicted octanol–water partition coefficient (Wildman–Crippen LogP) is 2.91. The average molecular weight is 223 g/mol. The van der Waals surface area contributed by atoms with Crippen molar-refractivity contribution >= 4 is 5.78 Å². The Labute approximate surface area is 99.2 Å². The van der Waals surface area contributed by atoms with E-state index in [2.05, 4.69) is 12.2 Å². The molecule has 2 rings (SSSR count). The van der Waals surface area contributed by atoms with Gasteiger partial charge in [-0.25, -0.2) is 0 Å². The van der Waals surface area contributed by atoms with Crippen LogP contribution in [0, 0.1) is 11.8 Å². The third-order valence-electron chi connectivity index (χ3n) is 4.27. The second kappa shape index (κ2) is 5.81. The van der Waals surface area contributed by atoms with Crippen LogP contribution in [-0.2, 0) is 4.79 Å². The highest BCUT2D eigenvalue weighted by molar-refractivity contribution is 5.81. The first-order valence-electron chi connectivity index (χ1n) is 7.02. The Kier molecular flexibility index (Phi) is 4.39. The van der Waals surface area contributed by atoms with E-state index in [0.29, 0.717) is 17.7 Å². The largest absolute Gasteiger partial charge is 0.314 e. The van der Waals surface area contributed by atoms with Crippen LogP contribution in [0.15, 0.2) is 0 Å². The van der Waals surface area contributed by atoms with Gasteiger partial charge in [0, 0.05) is 18.4 Å². The summed E-state index contributed by atoms with van der Waals surface area (Å²) < 4.78 is 0. The summed E-state index contributed by atoms with van der Waals surface area (Å²) in [5, 5.41) is 3.50. The Bertz CT molecular complexity index is 233. The molecule has 0 spiro atoms. The summed E-state index contributed by atoms with van der Waals surface area (Å²) in [5.74, 6) is 1.73. The fraction of sp³-hybridized carbons (Fsp3) is 0.929. The lowest BCUT2D eigenvalue weighted by Gasteiger charge is -2.29. The molecule has 0 aromatic carbocycles. The fourth-order valence-corrected chi connectivity index (χ4v) is 3.21. The Morgan fingerprint density at radius 1 is 1.19 bits per heavy atom. The van der Waals surface area contributed by atoms with Gasteiger partial charge in [-0.2, -0.15) is 0 Å². The second-order valence-electron chi connectivity index (χ2n) is 5.79. The smallest absolute Gasteiger partial charge is 0.137 e. The molecule has 0 bridgehead atoms. The first-order chi connectivity index (χ1) is 7.75. The fourth-order valence-electron chi connectivity index (χ4n) is 3.21. The molecule has 2 heteroatoms. The normalized spacial score (nSPS) is 32.6. The van der Waals surface area contributed by atoms with Gasteiger partial charge in [0.25, 0.3) is 0 Å². The van der Waals surface area contributed by atoms with Gasteiger partial charge >= 0.3 is 0 Å². The lowest BCUT2D eigenvalue weighted by molar-refractivity contribution is -0.124. The molecule has 2 nitrogen and oxygen atoms in total. The molecule has 0 aromatic heterocycles. The standard InChI is InChI=1S/C14H25NO/c1-11-7-8-15-13(9-11)10-14(16)12-5-3-2-4-6-12/h11-13,15H,2-10H2,1H3. The lowest BCUT2D eigenvalue weighted by atomic mass is 9.82. The number of Topliss-reactive ketones (excluding diaryl/α,β-unsaturated/α-hetero) is 1. The molecule has 1 aliphatic carbocycles. The third-order valence-corrected chi connectivity index (χ3v) is 4.27. The Morgan fingerprint density at radius 3 is 2.62 bits per heavy atom. The second-order valence-corrected chi connectivity index (χ2v) is 5.79. The predicted molar refractivity (Wildman–Crippen MR) is 66.4 cm³/mol. The summed E-state index contributed by atoms with van der Waals surface area (Å²) in [6.45, 7) is 3.41. The van der Waals surface area contributed by atoms with Crippen LogP contribution in [0.5, 0.6) is 0 Å². The first kappa shape index (κ1) is 12.1. The van der Waals surface area contributed by atoms with E-state index in [1.54, 1.807) is 0 Å². The van der Waals surface area contributed by atoms with E-state index >= 15 is 0 Å². The van der Waals surface area contributed by atoms with Gasteiger partial charge in [-0.3, -0.25) is 4.79 Å². The van der Waals surface area contributed by atoms with Crippen LogP contribution in [0.3, 0.4) is 0 Å². The molecule has 2 aliphatic rings.